The lowest BCUT2D eigenvalue weighted by molar-refractivity contribution is -0.131. The third kappa shape index (κ3) is 3.57. The SMILES string of the molecule is CC(C)N1CCN(c2ncccc2/C=C/C(=O)O)CC1. The summed E-state index contributed by atoms with van der Waals surface area (Å²) in [6.45, 7) is 8.27. The van der Waals surface area contributed by atoms with Gasteiger partial charge in [0.15, 0.2) is 0 Å². The van der Waals surface area contributed by atoms with Gasteiger partial charge in [0.1, 0.15) is 5.82 Å². The highest BCUT2D eigenvalue weighted by Crippen LogP contribution is 2.20. The van der Waals surface area contributed by atoms with Crippen LogP contribution >= 0.6 is 0 Å². The maximum Gasteiger partial charge on any atom is 0.328 e. The molecule has 0 bridgehead atoms. The molecule has 1 aliphatic rings. The molecule has 0 aromatic carbocycles. The zero-order chi connectivity index (χ0) is 14.5. The van der Waals surface area contributed by atoms with Crippen LogP contribution in [0, 0.1) is 0 Å². The molecule has 1 saturated heterocycles. The highest BCUT2D eigenvalue weighted by molar-refractivity contribution is 5.86. The number of hydrogen-bond acceptors (Lipinski definition) is 4. The van der Waals surface area contributed by atoms with Gasteiger partial charge in [-0.2, -0.15) is 0 Å². The quantitative estimate of drug-likeness (QED) is 0.848. The predicted octanol–water partition coefficient (Wildman–Crippen LogP) is 1.71. The molecule has 20 heavy (non-hydrogen) atoms. The Balaban J connectivity index is 2.12. The van der Waals surface area contributed by atoms with Gasteiger partial charge in [0.25, 0.3) is 0 Å². The zero-order valence-electron chi connectivity index (χ0n) is 12.0. The second kappa shape index (κ2) is 6.52. The highest BCUT2D eigenvalue weighted by atomic mass is 16.4. The van der Waals surface area contributed by atoms with Crippen molar-refractivity contribution in [3.05, 3.63) is 30.0 Å². The summed E-state index contributed by atoms with van der Waals surface area (Å²) < 4.78 is 0. The molecule has 1 N–H and O–H groups in total. The van der Waals surface area contributed by atoms with E-state index in [0.29, 0.717) is 6.04 Å². The summed E-state index contributed by atoms with van der Waals surface area (Å²) >= 11 is 0. The van der Waals surface area contributed by atoms with E-state index in [1.165, 1.54) is 0 Å². The van der Waals surface area contributed by atoms with Gasteiger partial charge in [-0.1, -0.05) is 0 Å². The van der Waals surface area contributed by atoms with E-state index >= 15 is 0 Å². The third-order valence-corrected chi connectivity index (χ3v) is 3.57. The van der Waals surface area contributed by atoms with Crippen molar-refractivity contribution in [2.24, 2.45) is 0 Å². The third-order valence-electron chi connectivity index (χ3n) is 3.57. The van der Waals surface area contributed by atoms with Crippen LogP contribution in [0.5, 0.6) is 0 Å². The summed E-state index contributed by atoms with van der Waals surface area (Å²) in [6, 6.07) is 4.29. The lowest BCUT2D eigenvalue weighted by Crippen LogP contribution is -2.49. The molecule has 0 aliphatic carbocycles. The number of carbonyl (C=O) groups is 1. The number of nitrogens with zero attached hydrogens (tertiary/aromatic N) is 3. The molecule has 1 aromatic rings. The van der Waals surface area contributed by atoms with Gasteiger partial charge in [0.2, 0.25) is 0 Å². The molecular formula is C15H21N3O2. The van der Waals surface area contributed by atoms with Crippen LogP contribution in [0.2, 0.25) is 0 Å². The largest absolute Gasteiger partial charge is 0.478 e. The van der Waals surface area contributed by atoms with Crippen LogP contribution in [0.4, 0.5) is 5.82 Å². The number of carboxylic acids is 1. The minimum atomic E-state index is -0.940. The van der Waals surface area contributed by atoms with Crippen molar-refractivity contribution < 1.29 is 9.90 Å². The maximum absolute atomic E-state index is 10.7. The molecule has 2 heterocycles. The van der Waals surface area contributed by atoms with E-state index in [1.807, 2.05) is 12.1 Å². The molecule has 1 fully saturated rings. The standard InChI is InChI=1S/C15H21N3O2/c1-12(2)17-8-10-18(11-9-17)15-13(4-3-7-16-15)5-6-14(19)20/h3-7,12H,8-11H2,1-2H3,(H,19,20)/b6-5+. The Morgan fingerprint density at radius 1 is 1.35 bits per heavy atom. The lowest BCUT2D eigenvalue weighted by Gasteiger charge is -2.38. The minimum absolute atomic E-state index is 0.562. The summed E-state index contributed by atoms with van der Waals surface area (Å²) in [5.41, 5.74) is 0.855. The smallest absolute Gasteiger partial charge is 0.328 e. The molecule has 0 spiro atoms. The predicted molar refractivity (Wildman–Crippen MR) is 79.8 cm³/mol. The van der Waals surface area contributed by atoms with Crippen molar-refractivity contribution in [3.8, 4) is 0 Å². The molecule has 5 heteroatoms. The topological polar surface area (TPSA) is 56.7 Å². The number of carboxylic acid groups (broad SMARTS) is 1. The number of hydrogen-bond donors (Lipinski definition) is 1. The van der Waals surface area contributed by atoms with E-state index in [-0.39, 0.29) is 0 Å². The molecular weight excluding hydrogens is 254 g/mol. The van der Waals surface area contributed by atoms with Crippen LogP contribution in [0.15, 0.2) is 24.4 Å². The van der Waals surface area contributed by atoms with Crippen molar-refractivity contribution >= 4 is 17.9 Å². The van der Waals surface area contributed by atoms with Gasteiger partial charge in [-0.3, -0.25) is 4.90 Å². The summed E-state index contributed by atoms with van der Waals surface area (Å²) in [5.74, 6) is -0.0714. The molecule has 1 aromatic heterocycles. The van der Waals surface area contributed by atoms with Gasteiger partial charge in [0, 0.05) is 50.1 Å². The van der Waals surface area contributed by atoms with Crippen molar-refractivity contribution in [3.63, 3.8) is 0 Å². The number of rotatable bonds is 4. The molecule has 0 saturated carbocycles. The first-order valence-electron chi connectivity index (χ1n) is 6.93. The van der Waals surface area contributed by atoms with E-state index in [1.54, 1.807) is 12.3 Å². The number of aromatic nitrogens is 1. The van der Waals surface area contributed by atoms with E-state index in [9.17, 15) is 4.79 Å². The Morgan fingerprint density at radius 3 is 2.65 bits per heavy atom. The van der Waals surface area contributed by atoms with Crippen LogP contribution < -0.4 is 4.90 Å². The molecule has 5 nitrogen and oxygen atoms in total. The Bertz CT molecular complexity index is 492. The van der Waals surface area contributed by atoms with Crippen LogP contribution in [0.1, 0.15) is 19.4 Å². The monoisotopic (exact) mass is 275 g/mol. The van der Waals surface area contributed by atoms with E-state index in [2.05, 4.69) is 28.6 Å². The molecule has 2 rings (SSSR count). The second-order valence-corrected chi connectivity index (χ2v) is 5.20. The highest BCUT2D eigenvalue weighted by Gasteiger charge is 2.20. The number of aliphatic carboxylic acids is 1. The minimum Gasteiger partial charge on any atom is -0.478 e. The zero-order valence-corrected chi connectivity index (χ0v) is 12.0. The van der Waals surface area contributed by atoms with E-state index in [0.717, 1.165) is 43.6 Å². The van der Waals surface area contributed by atoms with Crippen LogP contribution in [0.25, 0.3) is 6.08 Å². The Hall–Kier alpha value is -1.88. The molecule has 1 aliphatic heterocycles. The van der Waals surface area contributed by atoms with Crippen molar-refractivity contribution in [2.75, 3.05) is 31.1 Å². The molecule has 0 amide bonds. The van der Waals surface area contributed by atoms with E-state index < -0.39 is 5.97 Å². The van der Waals surface area contributed by atoms with Gasteiger partial charge >= 0.3 is 5.97 Å². The summed E-state index contributed by atoms with van der Waals surface area (Å²) in [5, 5.41) is 8.74. The fourth-order valence-electron chi connectivity index (χ4n) is 2.41. The van der Waals surface area contributed by atoms with Crippen LogP contribution in [-0.2, 0) is 4.79 Å². The average molecular weight is 275 g/mol. The van der Waals surface area contributed by atoms with Gasteiger partial charge in [-0.05, 0) is 32.1 Å². The molecule has 0 radical (unpaired) electrons. The maximum atomic E-state index is 10.7. The lowest BCUT2D eigenvalue weighted by atomic mass is 10.2. The first-order chi connectivity index (χ1) is 9.58. The van der Waals surface area contributed by atoms with Crippen LogP contribution in [-0.4, -0.2) is 53.2 Å². The molecule has 0 atom stereocenters. The molecule has 0 unspecified atom stereocenters. The van der Waals surface area contributed by atoms with Crippen molar-refractivity contribution in [1.29, 1.82) is 0 Å². The first-order valence-corrected chi connectivity index (χ1v) is 6.93. The van der Waals surface area contributed by atoms with E-state index in [4.69, 9.17) is 5.11 Å². The second-order valence-electron chi connectivity index (χ2n) is 5.20. The average Bonchev–Trinajstić information content (AvgIpc) is 2.45. The fourth-order valence-corrected chi connectivity index (χ4v) is 2.41. The number of pyridine rings is 1. The van der Waals surface area contributed by atoms with Gasteiger partial charge in [-0.25, -0.2) is 9.78 Å². The van der Waals surface area contributed by atoms with Crippen molar-refractivity contribution in [2.45, 2.75) is 19.9 Å². The molecule has 108 valence electrons. The van der Waals surface area contributed by atoms with Gasteiger partial charge < -0.3 is 10.0 Å². The summed E-state index contributed by atoms with van der Waals surface area (Å²) in [4.78, 5) is 19.7. The summed E-state index contributed by atoms with van der Waals surface area (Å²) in [7, 11) is 0. The number of piperazine rings is 1. The Kier molecular flexibility index (Phi) is 4.74. The van der Waals surface area contributed by atoms with Gasteiger partial charge in [0.05, 0.1) is 0 Å². The Morgan fingerprint density at radius 2 is 2.05 bits per heavy atom. The van der Waals surface area contributed by atoms with Gasteiger partial charge in [-0.15, -0.1) is 0 Å². The first kappa shape index (κ1) is 14.5. The number of anilines is 1. The van der Waals surface area contributed by atoms with Crippen LogP contribution in [0.3, 0.4) is 0 Å². The summed E-state index contributed by atoms with van der Waals surface area (Å²) in [6.07, 6.45) is 4.52. The fraction of sp³-hybridized carbons (Fsp3) is 0.467. The normalized spacial score (nSPS) is 17.1. The Labute approximate surface area is 119 Å². The van der Waals surface area contributed by atoms with Crippen molar-refractivity contribution in [1.82, 2.24) is 9.88 Å².